The second-order valence-electron chi connectivity index (χ2n) is 10.5. The summed E-state index contributed by atoms with van der Waals surface area (Å²) in [5, 5.41) is 3.48. The fourth-order valence-electron chi connectivity index (χ4n) is 5.17. The minimum absolute atomic E-state index is 0.0922. The van der Waals surface area contributed by atoms with E-state index in [9.17, 15) is 18.0 Å². The van der Waals surface area contributed by atoms with Gasteiger partial charge in [0.15, 0.2) is 0 Å². The molecule has 1 fully saturated rings. The molecule has 0 radical (unpaired) electrons. The molecule has 1 N–H and O–H groups in total. The van der Waals surface area contributed by atoms with Gasteiger partial charge in [-0.3, -0.25) is 13.9 Å². The zero-order valence-corrected chi connectivity index (χ0v) is 25.6. The van der Waals surface area contributed by atoms with Gasteiger partial charge in [-0.2, -0.15) is 0 Å². The lowest BCUT2D eigenvalue weighted by atomic mass is 9.95. The number of halogens is 1. The lowest BCUT2D eigenvalue weighted by Gasteiger charge is -2.33. The standard InChI is InChI=1S/C30H42ClN3O5S/c1-5-27(30(36)32-24-10-7-6-8-11-24)33(21-23-15-13-22(2)14-16-23)29(35)12-9-19-34(40(4,37)38)25-17-18-28(39-3)26(31)20-25/h13-18,20,24,27H,5-12,19,21H2,1-4H3,(H,32,36)/t27-/m0/s1. The molecule has 0 aliphatic heterocycles. The highest BCUT2D eigenvalue weighted by molar-refractivity contribution is 7.92. The van der Waals surface area contributed by atoms with Gasteiger partial charge in [0.2, 0.25) is 21.8 Å². The number of ether oxygens (including phenoxy) is 1. The van der Waals surface area contributed by atoms with Crippen molar-refractivity contribution in [2.75, 3.05) is 24.2 Å². The molecule has 0 aromatic heterocycles. The minimum atomic E-state index is -3.63. The number of benzene rings is 2. The van der Waals surface area contributed by atoms with Gasteiger partial charge in [-0.05, 0) is 56.4 Å². The number of carbonyl (C=O) groups is 2. The fraction of sp³-hybridized carbons (Fsp3) is 0.533. The molecular formula is C30H42ClN3O5S. The van der Waals surface area contributed by atoms with Crippen molar-refractivity contribution in [3.8, 4) is 5.75 Å². The first-order valence-electron chi connectivity index (χ1n) is 14.0. The maximum atomic E-state index is 13.7. The van der Waals surface area contributed by atoms with Crippen molar-refractivity contribution in [3.63, 3.8) is 0 Å². The van der Waals surface area contributed by atoms with Crippen LogP contribution in [-0.4, -0.2) is 57.1 Å². The fourth-order valence-corrected chi connectivity index (χ4v) is 6.38. The van der Waals surface area contributed by atoms with Crippen molar-refractivity contribution in [2.45, 2.75) is 83.8 Å². The average Bonchev–Trinajstić information content (AvgIpc) is 2.91. The van der Waals surface area contributed by atoms with Gasteiger partial charge in [-0.1, -0.05) is 67.6 Å². The molecule has 8 nitrogen and oxygen atoms in total. The van der Waals surface area contributed by atoms with Gasteiger partial charge in [-0.15, -0.1) is 0 Å². The Morgan fingerprint density at radius 3 is 2.35 bits per heavy atom. The SMILES string of the molecule is CC[C@@H](C(=O)NC1CCCCC1)N(Cc1ccc(C)cc1)C(=O)CCCN(c1ccc(OC)c(Cl)c1)S(C)(=O)=O. The Morgan fingerprint density at radius 1 is 1.10 bits per heavy atom. The highest BCUT2D eigenvalue weighted by Gasteiger charge is 2.30. The highest BCUT2D eigenvalue weighted by atomic mass is 35.5. The lowest BCUT2D eigenvalue weighted by Crippen LogP contribution is -2.51. The summed E-state index contributed by atoms with van der Waals surface area (Å²) in [5.41, 5.74) is 2.45. The normalized spacial score (nSPS) is 14.8. The maximum Gasteiger partial charge on any atom is 0.243 e. The Balaban J connectivity index is 1.76. The van der Waals surface area contributed by atoms with Crippen molar-refractivity contribution < 1.29 is 22.7 Å². The predicted octanol–water partition coefficient (Wildman–Crippen LogP) is 5.46. The van der Waals surface area contributed by atoms with Crippen LogP contribution >= 0.6 is 11.6 Å². The van der Waals surface area contributed by atoms with Crippen LogP contribution in [0.3, 0.4) is 0 Å². The molecule has 0 saturated heterocycles. The molecule has 2 aromatic rings. The molecule has 1 aliphatic carbocycles. The molecule has 1 aliphatic rings. The number of nitrogens with zero attached hydrogens (tertiary/aromatic N) is 2. The van der Waals surface area contributed by atoms with Gasteiger partial charge in [0, 0.05) is 25.6 Å². The topological polar surface area (TPSA) is 96.0 Å². The van der Waals surface area contributed by atoms with Crippen molar-refractivity contribution in [3.05, 3.63) is 58.6 Å². The number of hydrogen-bond acceptors (Lipinski definition) is 5. The van der Waals surface area contributed by atoms with Gasteiger partial charge in [-0.25, -0.2) is 8.42 Å². The van der Waals surface area contributed by atoms with E-state index in [1.54, 1.807) is 17.0 Å². The Morgan fingerprint density at radius 2 is 1.77 bits per heavy atom. The first kappa shape index (κ1) is 31.7. The second kappa shape index (κ2) is 14.7. The molecule has 0 spiro atoms. The number of nitrogens with one attached hydrogen (secondary N) is 1. The quantitative estimate of drug-likeness (QED) is 0.334. The molecule has 10 heteroatoms. The van der Waals surface area contributed by atoms with E-state index in [1.165, 1.54) is 23.9 Å². The maximum absolute atomic E-state index is 13.7. The van der Waals surface area contributed by atoms with Crippen molar-refractivity contribution in [2.24, 2.45) is 0 Å². The van der Waals surface area contributed by atoms with E-state index >= 15 is 0 Å². The first-order chi connectivity index (χ1) is 19.0. The minimum Gasteiger partial charge on any atom is -0.495 e. The van der Waals surface area contributed by atoms with E-state index in [1.807, 2.05) is 38.1 Å². The molecular weight excluding hydrogens is 550 g/mol. The number of methoxy groups -OCH3 is 1. The van der Waals surface area contributed by atoms with E-state index in [0.717, 1.165) is 43.1 Å². The van der Waals surface area contributed by atoms with E-state index in [0.29, 0.717) is 29.4 Å². The molecule has 220 valence electrons. The van der Waals surface area contributed by atoms with Crippen LogP contribution in [0, 0.1) is 6.92 Å². The summed E-state index contributed by atoms with van der Waals surface area (Å²) in [4.78, 5) is 28.7. The third kappa shape index (κ3) is 8.86. The Bertz CT molecular complexity index is 1250. The first-order valence-corrected chi connectivity index (χ1v) is 16.2. The van der Waals surface area contributed by atoms with Gasteiger partial charge in [0.05, 0.1) is 24.1 Å². The van der Waals surface area contributed by atoms with Crippen LogP contribution in [0.25, 0.3) is 0 Å². The molecule has 2 amide bonds. The predicted molar refractivity (Wildman–Crippen MR) is 160 cm³/mol. The van der Waals surface area contributed by atoms with Gasteiger partial charge >= 0.3 is 0 Å². The Kier molecular flexibility index (Phi) is 11.7. The van der Waals surface area contributed by atoms with Crippen LogP contribution < -0.4 is 14.4 Å². The summed E-state index contributed by atoms with van der Waals surface area (Å²) < 4.78 is 31.6. The summed E-state index contributed by atoms with van der Waals surface area (Å²) in [6.45, 7) is 4.32. The van der Waals surface area contributed by atoms with Crippen LogP contribution in [0.2, 0.25) is 5.02 Å². The summed E-state index contributed by atoms with van der Waals surface area (Å²) >= 11 is 6.24. The average molecular weight is 592 g/mol. The van der Waals surface area contributed by atoms with Gasteiger partial charge < -0.3 is 15.0 Å². The van der Waals surface area contributed by atoms with E-state index in [4.69, 9.17) is 16.3 Å². The number of hydrogen-bond donors (Lipinski definition) is 1. The number of sulfonamides is 1. The van der Waals surface area contributed by atoms with Crippen molar-refractivity contribution in [1.29, 1.82) is 0 Å². The Hall–Kier alpha value is -2.78. The number of anilines is 1. The van der Waals surface area contributed by atoms with Crippen LogP contribution in [0.4, 0.5) is 5.69 Å². The molecule has 1 saturated carbocycles. The monoisotopic (exact) mass is 591 g/mol. The summed E-state index contributed by atoms with van der Waals surface area (Å²) in [6, 6.07) is 12.2. The zero-order chi connectivity index (χ0) is 29.3. The van der Waals surface area contributed by atoms with Crippen LogP contribution in [0.1, 0.15) is 69.4 Å². The number of rotatable bonds is 13. The van der Waals surface area contributed by atoms with Crippen LogP contribution in [0.5, 0.6) is 5.75 Å². The largest absolute Gasteiger partial charge is 0.495 e. The molecule has 40 heavy (non-hydrogen) atoms. The molecule has 0 unspecified atom stereocenters. The zero-order valence-electron chi connectivity index (χ0n) is 24.0. The molecule has 0 heterocycles. The Labute approximate surface area is 244 Å². The molecule has 0 bridgehead atoms. The smallest absolute Gasteiger partial charge is 0.243 e. The molecule has 1 atom stereocenters. The number of aryl methyl sites for hydroxylation is 1. The van der Waals surface area contributed by atoms with E-state index < -0.39 is 16.1 Å². The number of amides is 2. The number of carbonyl (C=O) groups excluding carboxylic acids is 2. The van der Waals surface area contributed by atoms with E-state index in [2.05, 4.69) is 5.32 Å². The second-order valence-corrected chi connectivity index (χ2v) is 12.8. The third-order valence-corrected chi connectivity index (χ3v) is 8.88. The third-order valence-electron chi connectivity index (χ3n) is 7.39. The summed E-state index contributed by atoms with van der Waals surface area (Å²) in [6.07, 6.45) is 7.29. The van der Waals surface area contributed by atoms with E-state index in [-0.39, 0.29) is 37.2 Å². The summed E-state index contributed by atoms with van der Waals surface area (Å²) in [7, 11) is -2.14. The van der Waals surface area contributed by atoms with Crippen LogP contribution in [0.15, 0.2) is 42.5 Å². The van der Waals surface area contributed by atoms with Gasteiger partial charge in [0.25, 0.3) is 0 Å². The van der Waals surface area contributed by atoms with Crippen LogP contribution in [-0.2, 0) is 26.2 Å². The molecule has 3 rings (SSSR count). The van der Waals surface area contributed by atoms with Gasteiger partial charge in [0.1, 0.15) is 11.8 Å². The van der Waals surface area contributed by atoms with Crippen molar-refractivity contribution >= 4 is 39.1 Å². The molecule has 2 aromatic carbocycles. The lowest BCUT2D eigenvalue weighted by molar-refractivity contribution is -0.141. The summed E-state index contributed by atoms with van der Waals surface area (Å²) in [5.74, 6) is 0.130. The highest BCUT2D eigenvalue weighted by Crippen LogP contribution is 2.30. The van der Waals surface area contributed by atoms with Crippen molar-refractivity contribution in [1.82, 2.24) is 10.2 Å².